The van der Waals surface area contributed by atoms with Crippen molar-refractivity contribution < 1.29 is 0 Å². The summed E-state index contributed by atoms with van der Waals surface area (Å²) in [6, 6.07) is 8.41. The van der Waals surface area contributed by atoms with Crippen molar-refractivity contribution in [3.8, 4) is 0 Å². The second-order valence-corrected chi connectivity index (χ2v) is 5.33. The lowest BCUT2D eigenvalue weighted by Gasteiger charge is -2.04. The first kappa shape index (κ1) is 13.1. The minimum atomic E-state index is 1.08. The summed E-state index contributed by atoms with van der Waals surface area (Å²) in [7, 11) is 0. The summed E-state index contributed by atoms with van der Waals surface area (Å²) in [5.74, 6) is 1.20. The van der Waals surface area contributed by atoms with Crippen molar-refractivity contribution in [1.29, 1.82) is 0 Å². The molecule has 0 radical (unpaired) electrons. The molecule has 1 aromatic carbocycles. The number of benzene rings is 1. The Labute approximate surface area is 105 Å². The zero-order valence-electron chi connectivity index (χ0n) is 9.13. The molecule has 0 bridgehead atoms. The molecule has 0 aromatic heterocycles. The van der Waals surface area contributed by atoms with Crippen molar-refractivity contribution in [3.63, 3.8) is 0 Å². The fourth-order valence-electron chi connectivity index (χ4n) is 1.27. The van der Waals surface area contributed by atoms with Crippen molar-refractivity contribution in [3.05, 3.63) is 28.7 Å². The molecule has 0 fully saturated rings. The van der Waals surface area contributed by atoms with Crippen molar-refractivity contribution in [2.45, 2.75) is 24.7 Å². The molecule has 3 heteroatoms. The molecule has 1 nitrogen and oxygen atoms in total. The summed E-state index contributed by atoms with van der Waals surface area (Å²) in [5, 5.41) is 3.34. The molecule has 0 spiro atoms. The summed E-state index contributed by atoms with van der Waals surface area (Å²) in [4.78, 5) is 1.35. The van der Waals surface area contributed by atoms with Gasteiger partial charge in [-0.15, -0.1) is 11.8 Å². The van der Waals surface area contributed by atoms with Gasteiger partial charge in [0.2, 0.25) is 0 Å². The Bertz CT molecular complexity index is 278. The van der Waals surface area contributed by atoms with E-state index in [1.807, 2.05) is 11.8 Å². The Hall–Kier alpha value is 0.01000. The summed E-state index contributed by atoms with van der Waals surface area (Å²) in [5.41, 5.74) is 0. The van der Waals surface area contributed by atoms with E-state index in [9.17, 15) is 0 Å². The summed E-state index contributed by atoms with van der Waals surface area (Å²) in [6.07, 6.45) is 2.55. The minimum absolute atomic E-state index is 1.08. The Morgan fingerprint density at radius 1 is 1.27 bits per heavy atom. The van der Waals surface area contributed by atoms with Gasteiger partial charge in [0.1, 0.15) is 0 Å². The Balaban J connectivity index is 2.12. The van der Waals surface area contributed by atoms with Gasteiger partial charge in [-0.1, -0.05) is 19.1 Å². The van der Waals surface area contributed by atoms with Gasteiger partial charge >= 0.3 is 0 Å². The molecular formula is C12H18BrNS. The first-order valence-corrected chi connectivity index (χ1v) is 7.20. The van der Waals surface area contributed by atoms with Crippen LogP contribution in [-0.4, -0.2) is 18.8 Å². The van der Waals surface area contributed by atoms with E-state index in [2.05, 4.69) is 52.4 Å². The zero-order valence-corrected chi connectivity index (χ0v) is 11.5. The predicted molar refractivity (Wildman–Crippen MR) is 72.6 cm³/mol. The molecule has 0 aliphatic carbocycles. The lowest BCUT2D eigenvalue weighted by Crippen LogP contribution is -2.13. The molecule has 0 aliphatic heterocycles. The highest BCUT2D eigenvalue weighted by atomic mass is 79.9. The molecule has 0 unspecified atom stereocenters. The van der Waals surface area contributed by atoms with Gasteiger partial charge in [0.15, 0.2) is 0 Å². The maximum atomic E-state index is 3.56. The Morgan fingerprint density at radius 2 is 2.07 bits per heavy atom. The fraction of sp³-hybridized carbons (Fsp3) is 0.500. The first-order valence-electron chi connectivity index (χ1n) is 5.42. The molecule has 0 saturated carbocycles. The second-order valence-electron chi connectivity index (χ2n) is 3.34. The topological polar surface area (TPSA) is 12.0 Å². The molecule has 15 heavy (non-hydrogen) atoms. The molecule has 1 N–H and O–H groups in total. The van der Waals surface area contributed by atoms with Gasteiger partial charge in [-0.3, -0.25) is 0 Å². The van der Waals surface area contributed by atoms with Crippen molar-refractivity contribution in [2.75, 3.05) is 18.8 Å². The number of nitrogens with one attached hydrogen (secondary N) is 1. The van der Waals surface area contributed by atoms with Crippen LogP contribution in [0.3, 0.4) is 0 Å². The van der Waals surface area contributed by atoms with Gasteiger partial charge < -0.3 is 5.32 Å². The molecular weight excluding hydrogens is 270 g/mol. The summed E-state index contributed by atoms with van der Waals surface area (Å²) in [6.45, 7) is 4.38. The molecule has 1 aromatic rings. The van der Waals surface area contributed by atoms with E-state index in [4.69, 9.17) is 0 Å². The van der Waals surface area contributed by atoms with Crippen molar-refractivity contribution >= 4 is 27.7 Å². The predicted octanol–water partition coefficient (Wildman–Crippen LogP) is 3.93. The number of hydrogen-bond donors (Lipinski definition) is 1. The normalized spacial score (nSPS) is 10.5. The van der Waals surface area contributed by atoms with E-state index >= 15 is 0 Å². The van der Waals surface area contributed by atoms with Crippen LogP contribution in [0, 0.1) is 0 Å². The highest BCUT2D eigenvalue weighted by Crippen LogP contribution is 2.27. The zero-order chi connectivity index (χ0) is 10.9. The second kappa shape index (κ2) is 8.20. The van der Waals surface area contributed by atoms with Crippen LogP contribution in [0.15, 0.2) is 33.6 Å². The quantitative estimate of drug-likeness (QED) is 0.602. The SMILES string of the molecule is CCNCCCCSc1ccccc1Br. The van der Waals surface area contributed by atoms with Gasteiger partial charge in [0.05, 0.1) is 0 Å². The maximum absolute atomic E-state index is 3.56. The van der Waals surface area contributed by atoms with Crippen LogP contribution in [0.2, 0.25) is 0 Å². The molecule has 1 rings (SSSR count). The Morgan fingerprint density at radius 3 is 2.80 bits per heavy atom. The highest BCUT2D eigenvalue weighted by Gasteiger charge is 1.98. The molecule has 84 valence electrons. The van der Waals surface area contributed by atoms with Crippen LogP contribution >= 0.6 is 27.7 Å². The third-order valence-electron chi connectivity index (χ3n) is 2.09. The average molecular weight is 288 g/mol. The number of thioether (sulfide) groups is 1. The van der Waals surface area contributed by atoms with E-state index in [-0.39, 0.29) is 0 Å². The molecule has 0 aliphatic rings. The summed E-state index contributed by atoms with van der Waals surface area (Å²) < 4.78 is 1.21. The number of hydrogen-bond acceptors (Lipinski definition) is 2. The van der Waals surface area contributed by atoms with Gasteiger partial charge in [0, 0.05) is 9.37 Å². The van der Waals surface area contributed by atoms with Crippen LogP contribution in [0.4, 0.5) is 0 Å². The van der Waals surface area contributed by atoms with Crippen LogP contribution in [-0.2, 0) is 0 Å². The number of rotatable bonds is 7. The van der Waals surface area contributed by atoms with Gasteiger partial charge in [-0.25, -0.2) is 0 Å². The highest BCUT2D eigenvalue weighted by molar-refractivity contribution is 9.10. The van der Waals surface area contributed by atoms with Gasteiger partial charge in [-0.2, -0.15) is 0 Å². The van der Waals surface area contributed by atoms with E-state index in [1.165, 1.54) is 28.0 Å². The molecule has 0 heterocycles. The largest absolute Gasteiger partial charge is 0.317 e. The molecule has 0 saturated heterocycles. The third kappa shape index (κ3) is 5.59. The van der Waals surface area contributed by atoms with Crippen molar-refractivity contribution in [1.82, 2.24) is 5.32 Å². The van der Waals surface area contributed by atoms with E-state index in [0.717, 1.165) is 13.1 Å². The first-order chi connectivity index (χ1) is 7.34. The van der Waals surface area contributed by atoms with Gasteiger partial charge in [0.25, 0.3) is 0 Å². The minimum Gasteiger partial charge on any atom is -0.317 e. The van der Waals surface area contributed by atoms with Crippen LogP contribution in [0.1, 0.15) is 19.8 Å². The van der Waals surface area contributed by atoms with E-state index in [1.54, 1.807) is 0 Å². The van der Waals surface area contributed by atoms with Gasteiger partial charge in [-0.05, 0) is 59.7 Å². The summed E-state index contributed by atoms with van der Waals surface area (Å²) >= 11 is 5.49. The van der Waals surface area contributed by atoms with Crippen LogP contribution in [0.25, 0.3) is 0 Å². The van der Waals surface area contributed by atoms with Crippen LogP contribution in [0.5, 0.6) is 0 Å². The molecule has 0 amide bonds. The monoisotopic (exact) mass is 287 g/mol. The lowest BCUT2D eigenvalue weighted by molar-refractivity contribution is 0.666. The number of halogens is 1. The molecule has 0 atom stereocenters. The lowest BCUT2D eigenvalue weighted by atomic mass is 10.3. The van der Waals surface area contributed by atoms with E-state index < -0.39 is 0 Å². The van der Waals surface area contributed by atoms with Crippen LogP contribution < -0.4 is 5.32 Å². The standard InChI is InChI=1S/C12H18BrNS/c1-2-14-9-5-6-10-15-12-8-4-3-7-11(12)13/h3-4,7-8,14H,2,5-6,9-10H2,1H3. The number of unbranched alkanes of at least 4 members (excludes halogenated alkanes) is 1. The fourth-order valence-corrected chi connectivity index (χ4v) is 2.85. The van der Waals surface area contributed by atoms with E-state index in [0.29, 0.717) is 0 Å². The third-order valence-corrected chi connectivity index (χ3v) is 4.21. The average Bonchev–Trinajstić information content (AvgIpc) is 2.25. The maximum Gasteiger partial charge on any atom is 0.0311 e. The Kier molecular flexibility index (Phi) is 7.14. The smallest absolute Gasteiger partial charge is 0.0311 e. The van der Waals surface area contributed by atoms with Crippen molar-refractivity contribution in [2.24, 2.45) is 0 Å².